The van der Waals surface area contributed by atoms with Crippen molar-refractivity contribution in [2.24, 2.45) is 7.05 Å². The Morgan fingerprint density at radius 1 is 1.56 bits per heavy atom. The van der Waals surface area contributed by atoms with Crippen molar-refractivity contribution in [1.29, 1.82) is 0 Å². The Kier molecular flexibility index (Phi) is 3.00. The number of rotatable bonds is 2. The van der Waals surface area contributed by atoms with Crippen LogP contribution in [0.1, 0.15) is 12.8 Å². The molecule has 1 aliphatic rings. The molecule has 1 aromatic rings. The van der Waals surface area contributed by atoms with Crippen molar-refractivity contribution in [2.45, 2.75) is 24.0 Å². The van der Waals surface area contributed by atoms with Gasteiger partial charge in [0.1, 0.15) is 0 Å². The van der Waals surface area contributed by atoms with Crippen molar-refractivity contribution in [1.82, 2.24) is 13.9 Å². The van der Waals surface area contributed by atoms with Gasteiger partial charge >= 0.3 is 0 Å². The van der Waals surface area contributed by atoms with Crippen molar-refractivity contribution in [2.75, 3.05) is 13.1 Å². The highest BCUT2D eigenvalue weighted by Crippen LogP contribution is 2.18. The molecule has 0 amide bonds. The predicted molar refractivity (Wildman–Crippen MR) is 57.2 cm³/mol. The van der Waals surface area contributed by atoms with Gasteiger partial charge in [0, 0.05) is 26.3 Å². The van der Waals surface area contributed by atoms with Crippen LogP contribution in [0.4, 0.5) is 0 Å². The summed E-state index contributed by atoms with van der Waals surface area (Å²) in [6.07, 6.45) is 3.71. The number of nitrogens with zero attached hydrogens (tertiary/aromatic N) is 3. The summed E-state index contributed by atoms with van der Waals surface area (Å²) in [5, 5.41) is 9.51. The van der Waals surface area contributed by atoms with E-state index in [2.05, 4.69) is 4.98 Å². The molecule has 6 nitrogen and oxygen atoms in total. The zero-order valence-corrected chi connectivity index (χ0v) is 9.89. The highest BCUT2D eigenvalue weighted by atomic mass is 32.2. The Bertz CT molecular complexity index is 468. The van der Waals surface area contributed by atoms with Crippen LogP contribution in [0, 0.1) is 0 Å². The van der Waals surface area contributed by atoms with Gasteiger partial charge in [0.05, 0.1) is 12.4 Å². The first-order valence-electron chi connectivity index (χ1n) is 5.16. The van der Waals surface area contributed by atoms with Crippen molar-refractivity contribution in [3.63, 3.8) is 0 Å². The van der Waals surface area contributed by atoms with Crippen molar-refractivity contribution in [3.8, 4) is 0 Å². The van der Waals surface area contributed by atoms with E-state index in [1.54, 1.807) is 11.6 Å². The maximum Gasteiger partial charge on any atom is 0.262 e. The molecule has 0 spiro atoms. The van der Waals surface area contributed by atoms with Gasteiger partial charge < -0.3 is 9.67 Å². The fourth-order valence-electron chi connectivity index (χ4n) is 1.79. The number of sulfonamides is 1. The Labute approximate surface area is 94.6 Å². The molecule has 1 saturated heterocycles. The van der Waals surface area contributed by atoms with Crippen molar-refractivity contribution < 1.29 is 13.5 Å². The highest BCUT2D eigenvalue weighted by Gasteiger charge is 2.30. The minimum atomic E-state index is -3.53. The SMILES string of the molecule is Cn1cnc(S(=O)(=O)N2CCCC(O)C2)c1. The molecule has 0 saturated carbocycles. The summed E-state index contributed by atoms with van der Waals surface area (Å²) < 4.78 is 27.1. The molecule has 0 bridgehead atoms. The number of hydrogen-bond donors (Lipinski definition) is 1. The van der Waals surface area contributed by atoms with E-state index in [9.17, 15) is 13.5 Å². The number of aryl methyl sites for hydroxylation is 1. The molecule has 1 aliphatic heterocycles. The van der Waals surface area contributed by atoms with Gasteiger partial charge in [-0.2, -0.15) is 4.31 Å². The van der Waals surface area contributed by atoms with E-state index in [4.69, 9.17) is 0 Å². The maximum absolute atomic E-state index is 12.1. The smallest absolute Gasteiger partial charge is 0.262 e. The molecule has 1 unspecified atom stereocenters. The van der Waals surface area contributed by atoms with E-state index in [1.165, 1.54) is 16.8 Å². The number of aromatic nitrogens is 2. The molecule has 1 N–H and O–H groups in total. The molecule has 16 heavy (non-hydrogen) atoms. The maximum atomic E-state index is 12.1. The van der Waals surface area contributed by atoms with E-state index in [1.807, 2.05) is 0 Å². The van der Waals surface area contributed by atoms with Crippen LogP contribution in [-0.4, -0.2) is 46.6 Å². The molecule has 90 valence electrons. The minimum Gasteiger partial charge on any atom is -0.392 e. The molecular weight excluding hydrogens is 230 g/mol. The third-order valence-electron chi connectivity index (χ3n) is 2.64. The van der Waals surface area contributed by atoms with E-state index in [-0.39, 0.29) is 11.6 Å². The lowest BCUT2D eigenvalue weighted by Gasteiger charge is -2.28. The average Bonchev–Trinajstić information content (AvgIpc) is 2.65. The van der Waals surface area contributed by atoms with Crippen LogP contribution in [0.5, 0.6) is 0 Å². The molecule has 0 radical (unpaired) electrons. The highest BCUT2D eigenvalue weighted by molar-refractivity contribution is 7.89. The van der Waals surface area contributed by atoms with Gasteiger partial charge in [-0.25, -0.2) is 13.4 Å². The average molecular weight is 245 g/mol. The molecule has 7 heteroatoms. The fourth-order valence-corrected chi connectivity index (χ4v) is 3.28. The molecule has 0 aliphatic carbocycles. The Hall–Kier alpha value is -0.920. The lowest BCUT2D eigenvalue weighted by molar-refractivity contribution is 0.108. The van der Waals surface area contributed by atoms with E-state index in [0.29, 0.717) is 19.4 Å². The lowest BCUT2D eigenvalue weighted by atomic mass is 10.1. The molecule has 2 rings (SSSR count). The number of β-amino-alcohol motifs (C(OH)–C–C–N with tert-alkyl or cyclic N) is 1. The summed E-state index contributed by atoms with van der Waals surface area (Å²) in [5.74, 6) is 0. The molecule has 1 fully saturated rings. The third kappa shape index (κ3) is 2.11. The standard InChI is InChI=1S/C9H15N3O3S/c1-11-6-9(10-7-11)16(14,15)12-4-2-3-8(13)5-12/h6-8,13H,2-5H2,1H3. The van der Waals surface area contributed by atoms with Gasteiger partial charge in [0.2, 0.25) is 0 Å². The Morgan fingerprint density at radius 2 is 2.31 bits per heavy atom. The molecule has 2 heterocycles. The first kappa shape index (κ1) is 11.6. The predicted octanol–water partition coefficient (Wildman–Crippen LogP) is -0.435. The summed E-state index contributed by atoms with van der Waals surface area (Å²) in [4.78, 5) is 3.84. The first-order chi connectivity index (χ1) is 7.50. The summed E-state index contributed by atoms with van der Waals surface area (Å²) in [6.45, 7) is 0.620. The monoisotopic (exact) mass is 245 g/mol. The fraction of sp³-hybridized carbons (Fsp3) is 0.667. The number of imidazole rings is 1. The van der Waals surface area contributed by atoms with Crippen LogP contribution in [0.25, 0.3) is 0 Å². The molecule has 1 aromatic heterocycles. The second-order valence-electron chi connectivity index (χ2n) is 4.04. The third-order valence-corrected chi connectivity index (χ3v) is 4.40. The number of hydrogen-bond acceptors (Lipinski definition) is 4. The minimum absolute atomic E-state index is 0.0455. The van der Waals surface area contributed by atoms with Crippen LogP contribution in [0.3, 0.4) is 0 Å². The lowest BCUT2D eigenvalue weighted by Crippen LogP contribution is -2.42. The first-order valence-corrected chi connectivity index (χ1v) is 6.60. The summed E-state index contributed by atoms with van der Waals surface area (Å²) >= 11 is 0. The largest absolute Gasteiger partial charge is 0.392 e. The van der Waals surface area contributed by atoms with Crippen LogP contribution < -0.4 is 0 Å². The molecule has 0 aromatic carbocycles. The second kappa shape index (κ2) is 4.15. The topological polar surface area (TPSA) is 75.4 Å². The zero-order chi connectivity index (χ0) is 11.8. The van der Waals surface area contributed by atoms with Crippen LogP contribution in [-0.2, 0) is 17.1 Å². The van der Waals surface area contributed by atoms with E-state index < -0.39 is 16.1 Å². The quantitative estimate of drug-likeness (QED) is 0.767. The van der Waals surface area contributed by atoms with Gasteiger partial charge in [-0.15, -0.1) is 0 Å². The van der Waals surface area contributed by atoms with Gasteiger partial charge in [-0.3, -0.25) is 0 Å². The Balaban J connectivity index is 2.25. The van der Waals surface area contributed by atoms with Gasteiger partial charge in [-0.05, 0) is 12.8 Å². The number of aliphatic hydroxyl groups excluding tert-OH is 1. The van der Waals surface area contributed by atoms with Gasteiger partial charge in [0.25, 0.3) is 10.0 Å². The number of piperidine rings is 1. The summed E-state index contributed by atoms with van der Waals surface area (Å²) in [7, 11) is -1.81. The van der Waals surface area contributed by atoms with Gasteiger partial charge in [0.15, 0.2) is 5.03 Å². The van der Waals surface area contributed by atoms with E-state index >= 15 is 0 Å². The van der Waals surface area contributed by atoms with Gasteiger partial charge in [-0.1, -0.05) is 0 Å². The second-order valence-corrected chi connectivity index (χ2v) is 5.92. The molecular formula is C9H15N3O3S. The van der Waals surface area contributed by atoms with Crippen LogP contribution in [0.2, 0.25) is 0 Å². The number of aliphatic hydroxyl groups is 1. The zero-order valence-electron chi connectivity index (χ0n) is 9.07. The van der Waals surface area contributed by atoms with E-state index in [0.717, 1.165) is 0 Å². The van der Waals surface area contributed by atoms with Crippen LogP contribution in [0.15, 0.2) is 17.6 Å². The van der Waals surface area contributed by atoms with Crippen LogP contribution >= 0.6 is 0 Å². The van der Waals surface area contributed by atoms with Crippen molar-refractivity contribution >= 4 is 10.0 Å². The summed E-state index contributed by atoms with van der Waals surface area (Å²) in [5.41, 5.74) is 0. The molecule has 1 atom stereocenters. The normalized spacial score (nSPS) is 23.5. The Morgan fingerprint density at radius 3 is 2.88 bits per heavy atom. The van der Waals surface area contributed by atoms with Crippen molar-refractivity contribution in [3.05, 3.63) is 12.5 Å². The summed E-state index contributed by atoms with van der Waals surface area (Å²) in [6, 6.07) is 0.